The van der Waals surface area contributed by atoms with Crippen molar-refractivity contribution in [3.05, 3.63) is 127 Å². The largest absolute Gasteiger partial charge is 0.439 e. The van der Waals surface area contributed by atoms with Gasteiger partial charge < -0.3 is 4.57 Å². The molecule has 1 aliphatic rings. The fourth-order valence-electron chi connectivity index (χ4n) is 5.26. The van der Waals surface area contributed by atoms with E-state index in [1.54, 1.807) is 12.1 Å². The first-order valence-corrected chi connectivity index (χ1v) is 12.6. The number of H-pyrrole nitrogens is 1. The molecule has 1 N–H and O–H groups in total. The Morgan fingerprint density at radius 3 is 2.59 bits per heavy atom. The zero-order valence-corrected chi connectivity index (χ0v) is 20.5. The minimum Gasteiger partial charge on any atom is -0.320 e. The van der Waals surface area contributed by atoms with Gasteiger partial charge in [-0.05, 0) is 70.9 Å². The number of imidazole rings is 1. The summed E-state index contributed by atoms with van der Waals surface area (Å²) in [4.78, 5) is 31.9. The summed E-state index contributed by atoms with van der Waals surface area (Å²) >= 11 is 0. The average Bonchev–Trinajstić information content (AvgIpc) is 3.35. The lowest BCUT2D eigenvalue weighted by atomic mass is 9.92. The summed E-state index contributed by atoms with van der Waals surface area (Å²) < 4.78 is 6.81. The maximum absolute atomic E-state index is 12.9. The molecule has 0 bridgehead atoms. The van der Waals surface area contributed by atoms with Crippen LogP contribution in [0.1, 0.15) is 52.8 Å². The molecule has 2 aromatic heterocycles. The van der Waals surface area contributed by atoms with Crippen molar-refractivity contribution in [1.29, 1.82) is 0 Å². The minimum absolute atomic E-state index is 0.0214. The van der Waals surface area contributed by atoms with Crippen molar-refractivity contribution in [1.82, 2.24) is 19.7 Å². The van der Waals surface area contributed by atoms with Crippen molar-refractivity contribution >= 4 is 22.7 Å². The molecule has 0 radical (unpaired) electrons. The summed E-state index contributed by atoms with van der Waals surface area (Å²) in [6.07, 6.45) is 5.40. The fourth-order valence-corrected chi connectivity index (χ4v) is 5.26. The lowest BCUT2D eigenvalue weighted by Crippen LogP contribution is -2.10. The van der Waals surface area contributed by atoms with E-state index in [0.29, 0.717) is 17.9 Å². The smallest absolute Gasteiger partial charge is 0.320 e. The summed E-state index contributed by atoms with van der Waals surface area (Å²) in [6, 6.07) is 22.0. The molecule has 1 aliphatic carbocycles. The third-order valence-electron chi connectivity index (χ3n) is 6.90. The average molecular weight is 491 g/mol. The monoisotopic (exact) mass is 490 g/mol. The van der Waals surface area contributed by atoms with E-state index in [0.717, 1.165) is 59.3 Å². The van der Waals surface area contributed by atoms with Crippen molar-refractivity contribution in [3.8, 4) is 0 Å². The van der Waals surface area contributed by atoms with Crippen molar-refractivity contribution in [2.75, 3.05) is 0 Å². The minimum atomic E-state index is -0.578. The van der Waals surface area contributed by atoms with Crippen molar-refractivity contribution in [2.24, 2.45) is 0 Å². The molecule has 5 aromatic rings. The number of rotatable bonds is 5. The molecule has 0 aliphatic heterocycles. The van der Waals surface area contributed by atoms with Crippen LogP contribution in [0.15, 0.2) is 80.8 Å². The fraction of sp³-hybridized carbons (Fsp3) is 0.200. The first-order valence-electron chi connectivity index (χ1n) is 12.6. The van der Waals surface area contributed by atoms with Crippen LogP contribution in [0, 0.1) is 0 Å². The van der Waals surface area contributed by atoms with Gasteiger partial charge in [-0.2, -0.15) is 0 Å². The topological polar surface area (TPSA) is 93.8 Å². The van der Waals surface area contributed by atoms with Gasteiger partial charge in [0, 0.05) is 13.0 Å². The number of benzene rings is 2. The molecule has 37 heavy (non-hydrogen) atoms. The van der Waals surface area contributed by atoms with Crippen molar-refractivity contribution < 1.29 is 4.52 Å². The molecule has 184 valence electrons. The molecule has 0 saturated heterocycles. The number of nitrogens with zero attached hydrogens (tertiary/aromatic N) is 3. The van der Waals surface area contributed by atoms with E-state index in [4.69, 9.17) is 9.51 Å². The predicted molar refractivity (Wildman–Crippen MR) is 143 cm³/mol. The lowest BCUT2D eigenvalue weighted by molar-refractivity contribution is 0.385. The van der Waals surface area contributed by atoms with E-state index >= 15 is 0 Å². The predicted octanol–water partition coefficient (Wildman–Crippen LogP) is 4.76. The SMILES string of the molecule is CCCc1nc2ccccc(=O)c2n1Cc1ccc2c(c1)CCc1ccccc1C2=Cc1noc(=O)[nH]1. The molecule has 6 rings (SSSR count). The molecule has 0 amide bonds. The highest BCUT2D eigenvalue weighted by Gasteiger charge is 2.20. The number of fused-ring (bicyclic) bond motifs is 3. The van der Waals surface area contributed by atoms with E-state index < -0.39 is 5.76 Å². The summed E-state index contributed by atoms with van der Waals surface area (Å²) in [5.41, 5.74) is 8.12. The van der Waals surface area contributed by atoms with Crippen LogP contribution in [-0.2, 0) is 25.8 Å². The van der Waals surface area contributed by atoms with Crippen LogP contribution < -0.4 is 11.2 Å². The summed E-state index contributed by atoms with van der Waals surface area (Å²) in [5.74, 6) is 0.737. The Bertz CT molecular complexity index is 1770. The molecular formula is C30H26N4O3. The summed E-state index contributed by atoms with van der Waals surface area (Å²) in [6.45, 7) is 2.69. The summed E-state index contributed by atoms with van der Waals surface area (Å²) in [5, 5.41) is 3.86. The van der Waals surface area contributed by atoms with E-state index in [1.165, 1.54) is 11.1 Å². The zero-order chi connectivity index (χ0) is 25.4. The van der Waals surface area contributed by atoms with Crippen molar-refractivity contribution in [2.45, 2.75) is 39.2 Å². The molecule has 0 fully saturated rings. The third-order valence-corrected chi connectivity index (χ3v) is 6.90. The zero-order valence-electron chi connectivity index (χ0n) is 20.5. The van der Waals surface area contributed by atoms with Gasteiger partial charge in [-0.25, -0.2) is 9.78 Å². The molecule has 3 aromatic carbocycles. The Morgan fingerprint density at radius 2 is 1.76 bits per heavy atom. The maximum atomic E-state index is 12.9. The van der Waals surface area contributed by atoms with Gasteiger partial charge in [-0.3, -0.25) is 14.3 Å². The number of aromatic amines is 1. The number of aromatic nitrogens is 4. The highest BCUT2D eigenvalue weighted by molar-refractivity contribution is 5.93. The van der Waals surface area contributed by atoms with Crippen LogP contribution in [0.4, 0.5) is 0 Å². The van der Waals surface area contributed by atoms with Gasteiger partial charge in [0.2, 0.25) is 5.43 Å². The molecule has 7 nitrogen and oxygen atoms in total. The Hall–Kier alpha value is -4.52. The molecule has 2 heterocycles. The van der Waals surface area contributed by atoms with Gasteiger partial charge in [0.15, 0.2) is 5.82 Å². The second-order valence-corrected chi connectivity index (χ2v) is 9.37. The Kier molecular flexibility index (Phi) is 5.88. The first kappa shape index (κ1) is 22.9. The standard InChI is InChI=1S/C30H26N4O3/c1-2-7-28-31-25-10-5-6-11-26(35)29(25)34(28)18-19-12-15-23-21(16-19)14-13-20-8-3-4-9-22(20)24(23)17-27-32-30(36)37-33-27/h3-6,8-12,15-17H,2,7,13-14,18H2,1H3,(H,32,33,36). The number of hydrogen-bond donors (Lipinski definition) is 1. The lowest BCUT2D eigenvalue weighted by Gasteiger charge is -2.14. The van der Waals surface area contributed by atoms with Gasteiger partial charge in [0.05, 0.1) is 5.52 Å². The van der Waals surface area contributed by atoms with Crippen LogP contribution in [0.25, 0.3) is 22.7 Å². The second-order valence-electron chi connectivity index (χ2n) is 9.37. The molecule has 7 heteroatoms. The van der Waals surface area contributed by atoms with Gasteiger partial charge in [0.25, 0.3) is 0 Å². The number of aryl methyl sites for hydroxylation is 3. The van der Waals surface area contributed by atoms with Crippen LogP contribution in [-0.4, -0.2) is 19.7 Å². The maximum Gasteiger partial charge on any atom is 0.439 e. The normalized spacial score (nSPS) is 13.9. The van der Waals surface area contributed by atoms with E-state index in [9.17, 15) is 9.59 Å². The van der Waals surface area contributed by atoms with Crippen molar-refractivity contribution in [3.63, 3.8) is 0 Å². The van der Waals surface area contributed by atoms with Gasteiger partial charge in [-0.15, -0.1) is 0 Å². The molecule has 0 unspecified atom stereocenters. The highest BCUT2D eigenvalue weighted by Crippen LogP contribution is 2.35. The Labute approximate surface area is 213 Å². The number of hydrogen-bond acceptors (Lipinski definition) is 5. The molecule has 0 spiro atoms. The van der Waals surface area contributed by atoms with Crippen LogP contribution in [0.2, 0.25) is 0 Å². The second kappa shape index (κ2) is 9.50. The molecule has 0 saturated carbocycles. The van der Waals surface area contributed by atoms with E-state index in [2.05, 4.69) is 58.0 Å². The first-order chi connectivity index (χ1) is 18.1. The summed E-state index contributed by atoms with van der Waals surface area (Å²) in [7, 11) is 0. The Morgan fingerprint density at radius 1 is 0.973 bits per heavy atom. The highest BCUT2D eigenvalue weighted by atomic mass is 16.5. The third kappa shape index (κ3) is 4.33. The quantitative estimate of drug-likeness (QED) is 0.383. The van der Waals surface area contributed by atoms with Gasteiger partial charge in [0.1, 0.15) is 11.3 Å². The Balaban J connectivity index is 1.47. The molecule has 0 atom stereocenters. The van der Waals surface area contributed by atoms with Crippen LogP contribution in [0.3, 0.4) is 0 Å². The van der Waals surface area contributed by atoms with Gasteiger partial charge >= 0.3 is 5.76 Å². The van der Waals surface area contributed by atoms with E-state index in [1.807, 2.05) is 24.3 Å². The van der Waals surface area contributed by atoms with Crippen LogP contribution in [0.5, 0.6) is 0 Å². The van der Waals surface area contributed by atoms with Gasteiger partial charge in [-0.1, -0.05) is 66.7 Å². The number of nitrogens with one attached hydrogen (secondary N) is 1. The van der Waals surface area contributed by atoms with E-state index in [-0.39, 0.29) is 5.43 Å². The van der Waals surface area contributed by atoms with Crippen LogP contribution >= 0.6 is 0 Å². The molecular weight excluding hydrogens is 464 g/mol.